The van der Waals surface area contributed by atoms with Crippen molar-refractivity contribution in [2.75, 3.05) is 0 Å². The molecule has 0 rings (SSSR count). The zero-order chi connectivity index (χ0) is 11.4. The first-order valence-electron chi connectivity index (χ1n) is 4.41. The first-order valence-corrected chi connectivity index (χ1v) is 5.80. The van der Waals surface area contributed by atoms with E-state index in [1.54, 1.807) is 6.08 Å². The van der Waals surface area contributed by atoms with Gasteiger partial charge in [0.05, 0.1) is 0 Å². The van der Waals surface area contributed by atoms with E-state index in [4.69, 9.17) is 0 Å². The SMILES string of the molecule is C=C/C(=C\C(C)=C(C)C)SC(C)(F)P. The zero-order valence-electron chi connectivity index (χ0n) is 9.23. The van der Waals surface area contributed by atoms with Crippen molar-refractivity contribution in [2.24, 2.45) is 0 Å². The van der Waals surface area contributed by atoms with Gasteiger partial charge in [-0.2, -0.15) is 0 Å². The molecule has 0 radical (unpaired) electrons. The molecule has 0 spiro atoms. The van der Waals surface area contributed by atoms with Crippen LogP contribution in [-0.2, 0) is 0 Å². The van der Waals surface area contributed by atoms with Crippen molar-refractivity contribution in [3.63, 3.8) is 0 Å². The summed E-state index contributed by atoms with van der Waals surface area (Å²) in [5, 5.41) is 0. The van der Waals surface area contributed by atoms with Crippen LogP contribution in [0.5, 0.6) is 0 Å². The number of hydrogen-bond donors (Lipinski definition) is 0. The molecule has 0 N–H and O–H groups in total. The van der Waals surface area contributed by atoms with Crippen molar-refractivity contribution in [1.82, 2.24) is 0 Å². The second-order valence-corrected chi connectivity index (χ2v) is 6.50. The molecular formula is C11H18FPS. The number of halogens is 1. The molecular weight excluding hydrogens is 214 g/mol. The molecule has 0 nitrogen and oxygen atoms in total. The lowest BCUT2D eigenvalue weighted by Crippen LogP contribution is -1.99. The summed E-state index contributed by atoms with van der Waals surface area (Å²) >= 11 is 1.15. The highest BCUT2D eigenvalue weighted by Crippen LogP contribution is 2.39. The van der Waals surface area contributed by atoms with E-state index >= 15 is 0 Å². The van der Waals surface area contributed by atoms with E-state index in [0.29, 0.717) is 0 Å². The minimum absolute atomic E-state index is 0.851. The number of hydrogen-bond acceptors (Lipinski definition) is 1. The maximum Gasteiger partial charge on any atom is 0.170 e. The summed E-state index contributed by atoms with van der Waals surface area (Å²) in [6, 6.07) is 0. The Labute approximate surface area is 92.9 Å². The average molecular weight is 232 g/mol. The molecule has 0 amide bonds. The lowest BCUT2D eigenvalue weighted by Gasteiger charge is -2.13. The monoisotopic (exact) mass is 232 g/mol. The van der Waals surface area contributed by atoms with Crippen molar-refractivity contribution in [3.05, 3.63) is 34.8 Å². The highest BCUT2D eigenvalue weighted by Gasteiger charge is 2.17. The largest absolute Gasteiger partial charge is 0.228 e. The molecule has 0 aliphatic carbocycles. The Hall–Kier alpha value is -0.0700. The molecule has 0 aromatic heterocycles. The number of alkyl halides is 1. The van der Waals surface area contributed by atoms with Crippen LogP contribution in [0.3, 0.4) is 0 Å². The van der Waals surface area contributed by atoms with Crippen molar-refractivity contribution in [1.29, 1.82) is 0 Å². The van der Waals surface area contributed by atoms with Gasteiger partial charge in [0, 0.05) is 4.91 Å². The van der Waals surface area contributed by atoms with E-state index in [1.807, 2.05) is 26.8 Å². The Bertz CT molecular complexity index is 268. The molecule has 14 heavy (non-hydrogen) atoms. The predicted molar refractivity (Wildman–Crippen MR) is 69.1 cm³/mol. The minimum Gasteiger partial charge on any atom is -0.228 e. The van der Waals surface area contributed by atoms with Crippen LogP contribution < -0.4 is 0 Å². The molecule has 2 atom stereocenters. The quantitative estimate of drug-likeness (QED) is 0.501. The lowest BCUT2D eigenvalue weighted by molar-refractivity contribution is 0.443. The molecule has 0 heterocycles. The second-order valence-electron chi connectivity index (χ2n) is 3.52. The third-order valence-corrected chi connectivity index (χ3v) is 2.94. The van der Waals surface area contributed by atoms with E-state index in [9.17, 15) is 4.39 Å². The molecule has 0 aromatic rings. The van der Waals surface area contributed by atoms with Crippen molar-refractivity contribution in [3.8, 4) is 0 Å². The van der Waals surface area contributed by atoms with E-state index < -0.39 is 4.74 Å². The van der Waals surface area contributed by atoms with Crippen LogP contribution in [0.4, 0.5) is 4.39 Å². The summed E-state index contributed by atoms with van der Waals surface area (Å²) < 4.78 is 12.0. The van der Waals surface area contributed by atoms with Gasteiger partial charge in [0.1, 0.15) is 0 Å². The maximum absolute atomic E-state index is 13.3. The third-order valence-electron chi connectivity index (χ3n) is 1.67. The molecule has 0 aromatic carbocycles. The van der Waals surface area contributed by atoms with Crippen LogP contribution in [0, 0.1) is 0 Å². The topological polar surface area (TPSA) is 0 Å². The molecule has 0 saturated carbocycles. The third kappa shape index (κ3) is 6.39. The first-order chi connectivity index (χ1) is 6.26. The summed E-state index contributed by atoms with van der Waals surface area (Å²) in [5.74, 6) is 0. The van der Waals surface area contributed by atoms with Gasteiger partial charge in [-0.25, -0.2) is 4.39 Å². The molecule has 0 saturated heterocycles. The molecule has 0 aliphatic heterocycles. The minimum atomic E-state index is -1.33. The Kier molecular flexibility index (Phi) is 5.70. The molecule has 0 fully saturated rings. The van der Waals surface area contributed by atoms with Crippen LogP contribution in [0.25, 0.3) is 0 Å². The summed E-state index contributed by atoms with van der Waals surface area (Å²) in [7, 11) is 2.17. The van der Waals surface area contributed by atoms with Gasteiger partial charge in [-0.1, -0.05) is 44.8 Å². The molecule has 3 heteroatoms. The Morgan fingerprint density at radius 1 is 1.43 bits per heavy atom. The van der Waals surface area contributed by atoms with E-state index in [-0.39, 0.29) is 0 Å². The van der Waals surface area contributed by atoms with Crippen molar-refractivity contribution in [2.45, 2.75) is 32.4 Å². The lowest BCUT2D eigenvalue weighted by atomic mass is 10.1. The first kappa shape index (κ1) is 13.9. The van der Waals surface area contributed by atoms with Gasteiger partial charge in [-0.05, 0) is 33.8 Å². The van der Waals surface area contributed by atoms with E-state index in [2.05, 4.69) is 15.8 Å². The smallest absolute Gasteiger partial charge is 0.170 e. The molecule has 0 aliphatic rings. The number of allylic oxidation sites excluding steroid dienone is 4. The highest BCUT2D eigenvalue weighted by atomic mass is 32.2. The summed E-state index contributed by atoms with van der Waals surface area (Å²) in [4.78, 5) is 0.851. The van der Waals surface area contributed by atoms with Gasteiger partial charge in [0.15, 0.2) is 4.74 Å². The fourth-order valence-corrected chi connectivity index (χ4v) is 1.91. The highest BCUT2D eigenvalue weighted by molar-refractivity contribution is 8.07. The summed E-state index contributed by atoms with van der Waals surface area (Å²) in [6.07, 6.45) is 3.63. The Balaban J connectivity index is 4.75. The normalized spacial score (nSPS) is 16.0. The molecule has 80 valence electrons. The average Bonchev–Trinajstić information content (AvgIpc) is 2.00. The standard InChI is InChI=1S/C11H18FPS/c1-6-10(14-11(5,12)13)7-9(4)8(2)3/h6-7H,1,13H2,2-5H3/b10-7+. The van der Waals surface area contributed by atoms with Gasteiger partial charge in [-0.15, -0.1) is 0 Å². The molecule has 0 bridgehead atoms. The van der Waals surface area contributed by atoms with Gasteiger partial charge in [0.2, 0.25) is 0 Å². The van der Waals surface area contributed by atoms with Gasteiger partial charge >= 0.3 is 0 Å². The van der Waals surface area contributed by atoms with Gasteiger partial charge < -0.3 is 0 Å². The van der Waals surface area contributed by atoms with E-state index in [0.717, 1.165) is 22.2 Å². The van der Waals surface area contributed by atoms with Crippen LogP contribution in [0.1, 0.15) is 27.7 Å². The fourth-order valence-electron chi connectivity index (χ4n) is 0.718. The van der Waals surface area contributed by atoms with E-state index in [1.165, 1.54) is 12.5 Å². The Morgan fingerprint density at radius 2 is 1.93 bits per heavy atom. The summed E-state index contributed by atoms with van der Waals surface area (Å²) in [6.45, 7) is 11.3. The summed E-state index contributed by atoms with van der Waals surface area (Å²) in [5.41, 5.74) is 2.39. The predicted octanol–water partition coefficient (Wildman–Crippen LogP) is 4.66. The van der Waals surface area contributed by atoms with Gasteiger partial charge in [0.25, 0.3) is 0 Å². The number of rotatable bonds is 4. The van der Waals surface area contributed by atoms with Crippen LogP contribution in [0.15, 0.2) is 34.8 Å². The van der Waals surface area contributed by atoms with Crippen LogP contribution in [-0.4, -0.2) is 4.74 Å². The van der Waals surface area contributed by atoms with Gasteiger partial charge in [-0.3, -0.25) is 0 Å². The second kappa shape index (κ2) is 5.72. The maximum atomic E-state index is 13.3. The van der Waals surface area contributed by atoms with Crippen LogP contribution in [0.2, 0.25) is 0 Å². The van der Waals surface area contributed by atoms with Crippen molar-refractivity contribution >= 4 is 21.0 Å². The van der Waals surface area contributed by atoms with Crippen LogP contribution >= 0.6 is 21.0 Å². The Morgan fingerprint density at radius 3 is 2.21 bits per heavy atom. The zero-order valence-corrected chi connectivity index (χ0v) is 11.2. The number of thioether (sulfide) groups is 1. The molecule has 2 unspecified atom stereocenters. The fraction of sp³-hybridized carbons (Fsp3) is 0.455. The van der Waals surface area contributed by atoms with Crippen molar-refractivity contribution < 1.29 is 4.39 Å².